The van der Waals surface area contributed by atoms with Crippen LogP contribution >= 0.6 is 11.6 Å². The zero-order valence-corrected chi connectivity index (χ0v) is 16.6. The average molecular weight is 389 g/mol. The Balaban J connectivity index is 1.61. The minimum absolute atomic E-state index is 0.0247. The van der Waals surface area contributed by atoms with Crippen molar-refractivity contribution in [3.05, 3.63) is 64.4 Å². The summed E-state index contributed by atoms with van der Waals surface area (Å²) >= 11 is 6.14. The number of nitrogens with zero attached hydrogens (tertiary/aromatic N) is 1. The normalized spacial score (nSPS) is 17.9. The third-order valence-electron chi connectivity index (χ3n) is 5.16. The lowest BCUT2D eigenvalue weighted by Crippen LogP contribution is -2.40. The average Bonchev–Trinajstić information content (AvgIpc) is 2.65. The molecule has 1 fully saturated rings. The van der Waals surface area contributed by atoms with Crippen LogP contribution in [0.4, 0.5) is 10.1 Å². The lowest BCUT2D eigenvalue weighted by atomic mass is 9.96. The van der Waals surface area contributed by atoms with E-state index in [0.29, 0.717) is 29.6 Å². The van der Waals surface area contributed by atoms with E-state index in [4.69, 9.17) is 11.6 Å². The highest BCUT2D eigenvalue weighted by Gasteiger charge is 2.26. The van der Waals surface area contributed by atoms with Gasteiger partial charge in [-0.1, -0.05) is 43.6 Å². The smallest absolute Gasteiger partial charge is 0.228 e. The molecule has 0 aromatic heterocycles. The molecule has 1 unspecified atom stereocenters. The van der Waals surface area contributed by atoms with Gasteiger partial charge in [0.05, 0.1) is 5.92 Å². The van der Waals surface area contributed by atoms with Crippen molar-refractivity contribution in [1.29, 1.82) is 0 Å². The Bertz CT molecular complexity index is 771. The van der Waals surface area contributed by atoms with Gasteiger partial charge < -0.3 is 5.32 Å². The maximum atomic E-state index is 14.0. The van der Waals surface area contributed by atoms with Crippen LogP contribution in [0.1, 0.15) is 43.7 Å². The molecule has 0 aliphatic carbocycles. The molecule has 1 N–H and O–H groups in total. The van der Waals surface area contributed by atoms with E-state index in [1.165, 1.54) is 11.6 Å². The Hall–Kier alpha value is -1.91. The molecule has 3 rings (SSSR count). The van der Waals surface area contributed by atoms with Gasteiger partial charge in [-0.15, -0.1) is 0 Å². The largest absolute Gasteiger partial charge is 0.326 e. The minimum Gasteiger partial charge on any atom is -0.326 e. The zero-order chi connectivity index (χ0) is 19.4. The third kappa shape index (κ3) is 5.08. The summed E-state index contributed by atoms with van der Waals surface area (Å²) in [7, 11) is 0. The summed E-state index contributed by atoms with van der Waals surface area (Å²) in [4.78, 5) is 14.8. The molecule has 1 atom stereocenters. The van der Waals surface area contributed by atoms with Crippen LogP contribution in [0.5, 0.6) is 0 Å². The summed E-state index contributed by atoms with van der Waals surface area (Å²) in [6.07, 6.45) is 1.76. The predicted octanol–water partition coefficient (Wildman–Crippen LogP) is 5.45. The van der Waals surface area contributed by atoms with Gasteiger partial charge in [0.2, 0.25) is 5.91 Å². The monoisotopic (exact) mass is 388 g/mol. The molecule has 1 aliphatic rings. The molecule has 0 bridgehead atoms. The molecule has 1 heterocycles. The van der Waals surface area contributed by atoms with E-state index < -0.39 is 0 Å². The van der Waals surface area contributed by atoms with Crippen molar-refractivity contribution in [3.63, 3.8) is 0 Å². The Morgan fingerprint density at radius 3 is 2.67 bits per heavy atom. The summed E-state index contributed by atoms with van der Waals surface area (Å²) in [6, 6.07) is 12.7. The second-order valence-corrected chi connectivity index (χ2v) is 7.95. The van der Waals surface area contributed by atoms with Crippen molar-refractivity contribution < 1.29 is 9.18 Å². The quantitative estimate of drug-likeness (QED) is 0.738. The predicted molar refractivity (Wildman–Crippen MR) is 109 cm³/mol. The van der Waals surface area contributed by atoms with E-state index in [-0.39, 0.29) is 17.6 Å². The molecular formula is C22H26ClFN2O. The Kier molecular flexibility index (Phi) is 6.51. The molecule has 2 aromatic rings. The number of carbonyl (C=O) groups is 1. The third-order valence-corrected chi connectivity index (χ3v) is 5.52. The van der Waals surface area contributed by atoms with Gasteiger partial charge in [-0.3, -0.25) is 9.69 Å². The van der Waals surface area contributed by atoms with Crippen LogP contribution in [0, 0.1) is 11.7 Å². The maximum absolute atomic E-state index is 14.0. The van der Waals surface area contributed by atoms with Crippen LogP contribution in [-0.2, 0) is 11.3 Å². The Morgan fingerprint density at radius 1 is 1.26 bits per heavy atom. The summed E-state index contributed by atoms with van der Waals surface area (Å²) in [5.74, 6) is 0.0943. The van der Waals surface area contributed by atoms with Crippen molar-refractivity contribution in [3.8, 4) is 0 Å². The van der Waals surface area contributed by atoms with Gasteiger partial charge in [0.25, 0.3) is 0 Å². The maximum Gasteiger partial charge on any atom is 0.228 e. The topological polar surface area (TPSA) is 32.3 Å². The fourth-order valence-electron chi connectivity index (χ4n) is 3.52. The fraction of sp³-hybridized carbons (Fsp3) is 0.409. The lowest BCUT2D eigenvalue weighted by Gasteiger charge is -2.32. The minimum atomic E-state index is -0.292. The van der Waals surface area contributed by atoms with E-state index in [1.54, 1.807) is 12.1 Å². The van der Waals surface area contributed by atoms with Crippen molar-refractivity contribution in [2.45, 2.75) is 39.2 Å². The van der Waals surface area contributed by atoms with Gasteiger partial charge in [0.1, 0.15) is 5.82 Å². The molecule has 1 saturated heterocycles. The van der Waals surface area contributed by atoms with E-state index in [0.717, 1.165) is 25.1 Å². The Morgan fingerprint density at radius 2 is 2.00 bits per heavy atom. The number of piperidine rings is 1. The second-order valence-electron chi connectivity index (χ2n) is 7.54. The van der Waals surface area contributed by atoms with E-state index in [1.807, 2.05) is 24.3 Å². The van der Waals surface area contributed by atoms with Gasteiger partial charge in [-0.2, -0.15) is 0 Å². The number of likely N-dealkylation sites (tertiary alicyclic amines) is 1. The second kappa shape index (κ2) is 8.85. The number of nitrogens with one attached hydrogen (secondary N) is 1. The van der Waals surface area contributed by atoms with Crippen LogP contribution in [-0.4, -0.2) is 23.9 Å². The van der Waals surface area contributed by atoms with Gasteiger partial charge in [-0.25, -0.2) is 4.39 Å². The molecule has 3 nitrogen and oxygen atoms in total. The first kappa shape index (κ1) is 19.8. The van der Waals surface area contributed by atoms with E-state index in [2.05, 4.69) is 24.1 Å². The van der Waals surface area contributed by atoms with Crippen LogP contribution in [0.2, 0.25) is 5.02 Å². The van der Waals surface area contributed by atoms with Gasteiger partial charge in [-0.05, 0) is 55.1 Å². The first-order valence-corrected chi connectivity index (χ1v) is 9.88. The zero-order valence-electron chi connectivity index (χ0n) is 15.8. The molecule has 0 radical (unpaired) electrons. The van der Waals surface area contributed by atoms with Crippen LogP contribution in [0.25, 0.3) is 0 Å². The van der Waals surface area contributed by atoms with Crippen LogP contribution < -0.4 is 5.32 Å². The van der Waals surface area contributed by atoms with Gasteiger partial charge in [0, 0.05) is 29.4 Å². The highest BCUT2D eigenvalue weighted by atomic mass is 35.5. The number of hydrogen-bond donors (Lipinski definition) is 1. The molecule has 144 valence electrons. The van der Waals surface area contributed by atoms with Crippen molar-refractivity contribution in [2.24, 2.45) is 5.92 Å². The molecule has 0 spiro atoms. The number of amides is 1. The molecule has 1 amide bonds. The van der Waals surface area contributed by atoms with Gasteiger partial charge >= 0.3 is 0 Å². The lowest BCUT2D eigenvalue weighted by molar-refractivity contribution is -0.121. The first-order valence-electron chi connectivity index (χ1n) is 9.50. The summed E-state index contributed by atoms with van der Waals surface area (Å²) in [5, 5.41) is 3.46. The number of halogens is 2. The summed E-state index contributed by atoms with van der Waals surface area (Å²) in [5.41, 5.74) is 2.57. The van der Waals surface area contributed by atoms with Crippen LogP contribution in [0.15, 0.2) is 42.5 Å². The summed E-state index contributed by atoms with van der Waals surface area (Å²) < 4.78 is 14.0. The number of carbonyl (C=O) groups excluding carboxylic acids is 1. The molecule has 2 aromatic carbocycles. The molecular weight excluding hydrogens is 363 g/mol. The molecule has 1 aliphatic heterocycles. The summed E-state index contributed by atoms with van der Waals surface area (Å²) in [6.45, 7) is 6.18. The number of hydrogen-bond acceptors (Lipinski definition) is 2. The highest BCUT2D eigenvalue weighted by Crippen LogP contribution is 2.25. The van der Waals surface area contributed by atoms with E-state index >= 15 is 0 Å². The SMILES string of the molecule is CC(C)c1ccc(NC(=O)C2CCCN(Cc3c(F)cccc3Cl)C2)cc1. The fourth-order valence-corrected chi connectivity index (χ4v) is 3.74. The molecule has 27 heavy (non-hydrogen) atoms. The first-order chi connectivity index (χ1) is 12.9. The number of anilines is 1. The standard InChI is InChI=1S/C22H26ClFN2O/c1-15(2)16-8-10-18(11-9-16)25-22(27)17-5-4-12-26(13-17)14-19-20(23)6-3-7-21(19)24/h3,6-11,15,17H,4-5,12-14H2,1-2H3,(H,25,27). The van der Waals surface area contributed by atoms with E-state index in [9.17, 15) is 9.18 Å². The van der Waals surface area contributed by atoms with Crippen molar-refractivity contribution >= 4 is 23.2 Å². The van der Waals surface area contributed by atoms with Crippen LogP contribution in [0.3, 0.4) is 0 Å². The molecule has 5 heteroatoms. The van der Waals surface area contributed by atoms with Gasteiger partial charge in [0.15, 0.2) is 0 Å². The number of benzene rings is 2. The molecule has 0 saturated carbocycles. The number of rotatable bonds is 5. The van der Waals surface area contributed by atoms with Crippen molar-refractivity contribution in [1.82, 2.24) is 4.90 Å². The highest BCUT2D eigenvalue weighted by molar-refractivity contribution is 6.31. The van der Waals surface area contributed by atoms with Crippen molar-refractivity contribution in [2.75, 3.05) is 18.4 Å². The Labute approximate surface area is 165 Å².